The molecule has 1 amide bonds. The molecule has 5 heteroatoms. The average molecular weight is 282 g/mol. The second-order valence-electron chi connectivity index (χ2n) is 5.44. The van der Waals surface area contributed by atoms with Crippen LogP contribution in [-0.4, -0.2) is 30.4 Å². The minimum absolute atomic E-state index is 0.0474. The molecule has 0 radical (unpaired) electrons. The number of rotatable bonds is 3. The molecule has 2 unspecified atom stereocenters. The van der Waals surface area contributed by atoms with E-state index in [2.05, 4.69) is 24.1 Å². The van der Waals surface area contributed by atoms with Crippen LogP contribution in [0.3, 0.4) is 0 Å². The number of nitrogen functional groups attached to an aromatic ring is 1. The maximum Gasteiger partial charge on any atom is 0.238 e. The van der Waals surface area contributed by atoms with Crippen LogP contribution in [0.25, 0.3) is 0 Å². The standard InChI is InChI=1S/C14H20ClN3O/c1-9-6-18(7-10(9)2)8-14(19)17-13-5-11(16)3-4-12(13)15/h3-5,9-10H,6-8,16H2,1-2H3,(H,17,19). The van der Waals surface area contributed by atoms with Gasteiger partial charge in [-0.25, -0.2) is 0 Å². The van der Waals surface area contributed by atoms with Crippen LogP contribution in [0, 0.1) is 11.8 Å². The highest BCUT2D eigenvalue weighted by molar-refractivity contribution is 6.33. The van der Waals surface area contributed by atoms with E-state index in [1.807, 2.05) is 0 Å². The van der Waals surface area contributed by atoms with Crippen LogP contribution in [0.5, 0.6) is 0 Å². The molecule has 19 heavy (non-hydrogen) atoms. The van der Waals surface area contributed by atoms with Crippen LogP contribution in [0.4, 0.5) is 11.4 Å². The summed E-state index contributed by atoms with van der Waals surface area (Å²) in [5.74, 6) is 1.24. The Morgan fingerprint density at radius 3 is 2.68 bits per heavy atom. The first-order valence-electron chi connectivity index (χ1n) is 6.53. The van der Waals surface area contributed by atoms with Crippen molar-refractivity contribution in [2.24, 2.45) is 11.8 Å². The molecule has 3 N–H and O–H groups in total. The second kappa shape index (κ2) is 5.80. The maximum absolute atomic E-state index is 12.0. The highest BCUT2D eigenvalue weighted by atomic mass is 35.5. The summed E-state index contributed by atoms with van der Waals surface area (Å²) >= 11 is 6.02. The number of likely N-dealkylation sites (tertiary alicyclic amines) is 1. The van der Waals surface area contributed by atoms with Gasteiger partial charge in [0.15, 0.2) is 0 Å². The van der Waals surface area contributed by atoms with Gasteiger partial charge in [0.25, 0.3) is 0 Å². The fraction of sp³-hybridized carbons (Fsp3) is 0.500. The zero-order valence-corrected chi connectivity index (χ0v) is 12.1. The smallest absolute Gasteiger partial charge is 0.238 e. The fourth-order valence-corrected chi connectivity index (χ4v) is 2.57. The highest BCUT2D eigenvalue weighted by Crippen LogP contribution is 2.25. The zero-order valence-electron chi connectivity index (χ0n) is 11.3. The molecule has 1 aromatic rings. The van der Waals surface area contributed by atoms with Crippen molar-refractivity contribution in [2.75, 3.05) is 30.7 Å². The topological polar surface area (TPSA) is 58.4 Å². The molecule has 1 saturated heterocycles. The Labute approximate surface area is 118 Å². The Morgan fingerprint density at radius 2 is 2.05 bits per heavy atom. The molecular weight excluding hydrogens is 262 g/mol. The normalized spacial score (nSPS) is 23.5. The summed E-state index contributed by atoms with van der Waals surface area (Å²) in [4.78, 5) is 14.2. The fourth-order valence-electron chi connectivity index (χ4n) is 2.41. The number of nitrogens with one attached hydrogen (secondary N) is 1. The summed E-state index contributed by atoms with van der Waals surface area (Å²) in [7, 11) is 0. The number of carbonyl (C=O) groups excluding carboxylic acids is 1. The SMILES string of the molecule is CC1CN(CC(=O)Nc2cc(N)ccc2Cl)CC1C. The zero-order chi connectivity index (χ0) is 14.0. The summed E-state index contributed by atoms with van der Waals surface area (Å²) < 4.78 is 0. The summed E-state index contributed by atoms with van der Waals surface area (Å²) in [5.41, 5.74) is 6.84. The molecule has 1 aromatic carbocycles. The summed E-state index contributed by atoms with van der Waals surface area (Å²) in [6, 6.07) is 5.07. The largest absolute Gasteiger partial charge is 0.399 e. The molecule has 104 valence electrons. The Hall–Kier alpha value is -1.26. The highest BCUT2D eigenvalue weighted by Gasteiger charge is 2.27. The molecule has 0 spiro atoms. The number of carbonyl (C=O) groups is 1. The molecule has 2 atom stereocenters. The van der Waals surface area contributed by atoms with Crippen LogP contribution >= 0.6 is 11.6 Å². The van der Waals surface area contributed by atoms with Crippen LogP contribution in [0.1, 0.15) is 13.8 Å². The van der Waals surface area contributed by atoms with Gasteiger partial charge >= 0.3 is 0 Å². The van der Waals surface area contributed by atoms with Gasteiger partial charge in [0.2, 0.25) is 5.91 Å². The predicted octanol–water partition coefficient (Wildman–Crippen LogP) is 2.45. The molecule has 1 aliphatic heterocycles. The lowest BCUT2D eigenvalue weighted by Gasteiger charge is -2.15. The van der Waals surface area contributed by atoms with Crippen molar-refractivity contribution < 1.29 is 4.79 Å². The van der Waals surface area contributed by atoms with Gasteiger partial charge in [0, 0.05) is 18.8 Å². The molecule has 0 bridgehead atoms. The third-order valence-electron chi connectivity index (χ3n) is 3.70. The van der Waals surface area contributed by atoms with E-state index >= 15 is 0 Å². The van der Waals surface area contributed by atoms with Crippen LogP contribution in [0.15, 0.2) is 18.2 Å². The lowest BCUT2D eigenvalue weighted by Crippen LogP contribution is -2.31. The maximum atomic E-state index is 12.0. The molecule has 1 aliphatic rings. The molecule has 0 saturated carbocycles. The molecule has 2 rings (SSSR count). The van der Waals surface area contributed by atoms with Crippen molar-refractivity contribution in [1.82, 2.24) is 4.90 Å². The van der Waals surface area contributed by atoms with E-state index < -0.39 is 0 Å². The van der Waals surface area contributed by atoms with Crippen LogP contribution in [0.2, 0.25) is 5.02 Å². The van der Waals surface area contributed by atoms with Gasteiger partial charge in [-0.15, -0.1) is 0 Å². The van der Waals surface area contributed by atoms with Gasteiger partial charge in [-0.2, -0.15) is 0 Å². The van der Waals surface area contributed by atoms with Crippen molar-refractivity contribution in [1.29, 1.82) is 0 Å². The van der Waals surface area contributed by atoms with Gasteiger partial charge < -0.3 is 11.1 Å². The monoisotopic (exact) mass is 281 g/mol. The minimum Gasteiger partial charge on any atom is -0.399 e. The summed E-state index contributed by atoms with van der Waals surface area (Å²) in [6.07, 6.45) is 0. The average Bonchev–Trinajstić information content (AvgIpc) is 2.63. The quantitative estimate of drug-likeness (QED) is 0.837. The third kappa shape index (κ3) is 3.61. The third-order valence-corrected chi connectivity index (χ3v) is 4.03. The Morgan fingerprint density at radius 1 is 1.42 bits per heavy atom. The van der Waals surface area contributed by atoms with E-state index in [4.69, 9.17) is 17.3 Å². The van der Waals surface area contributed by atoms with Gasteiger partial charge in [0.05, 0.1) is 17.3 Å². The van der Waals surface area contributed by atoms with Crippen molar-refractivity contribution in [3.63, 3.8) is 0 Å². The predicted molar refractivity (Wildman–Crippen MR) is 79.3 cm³/mol. The molecular formula is C14H20ClN3O. The Bertz CT molecular complexity index is 468. The van der Waals surface area contributed by atoms with Crippen LogP contribution in [-0.2, 0) is 4.79 Å². The lowest BCUT2D eigenvalue weighted by molar-refractivity contribution is -0.117. The Kier molecular flexibility index (Phi) is 4.32. The van der Waals surface area contributed by atoms with Gasteiger partial charge in [-0.3, -0.25) is 9.69 Å². The van der Waals surface area contributed by atoms with Crippen molar-refractivity contribution in [3.8, 4) is 0 Å². The van der Waals surface area contributed by atoms with Gasteiger partial charge in [-0.05, 0) is 30.0 Å². The van der Waals surface area contributed by atoms with E-state index in [1.54, 1.807) is 18.2 Å². The number of anilines is 2. The number of hydrogen-bond acceptors (Lipinski definition) is 3. The van der Waals surface area contributed by atoms with Gasteiger partial charge in [0.1, 0.15) is 0 Å². The van der Waals surface area contributed by atoms with Crippen molar-refractivity contribution >= 4 is 28.9 Å². The summed E-state index contributed by atoms with van der Waals surface area (Å²) in [5, 5.41) is 3.32. The van der Waals surface area contributed by atoms with E-state index in [0.29, 0.717) is 34.8 Å². The number of nitrogens with two attached hydrogens (primary N) is 1. The lowest BCUT2D eigenvalue weighted by atomic mass is 10.0. The van der Waals surface area contributed by atoms with E-state index in [0.717, 1.165) is 13.1 Å². The number of hydrogen-bond donors (Lipinski definition) is 2. The Balaban J connectivity index is 1.93. The number of amides is 1. The van der Waals surface area contributed by atoms with E-state index in [-0.39, 0.29) is 5.91 Å². The van der Waals surface area contributed by atoms with Gasteiger partial charge in [-0.1, -0.05) is 25.4 Å². The first-order chi connectivity index (χ1) is 8.95. The van der Waals surface area contributed by atoms with E-state index in [9.17, 15) is 4.79 Å². The molecule has 4 nitrogen and oxygen atoms in total. The first-order valence-corrected chi connectivity index (χ1v) is 6.90. The number of benzene rings is 1. The van der Waals surface area contributed by atoms with Crippen molar-refractivity contribution in [3.05, 3.63) is 23.2 Å². The molecule has 0 aromatic heterocycles. The van der Waals surface area contributed by atoms with Crippen molar-refractivity contribution in [2.45, 2.75) is 13.8 Å². The molecule has 1 heterocycles. The van der Waals surface area contributed by atoms with Crippen LogP contribution < -0.4 is 11.1 Å². The molecule has 0 aliphatic carbocycles. The summed E-state index contributed by atoms with van der Waals surface area (Å²) in [6.45, 7) is 6.78. The number of nitrogens with zero attached hydrogens (tertiary/aromatic N) is 1. The first kappa shape index (κ1) is 14.2. The molecule has 1 fully saturated rings. The minimum atomic E-state index is -0.0474. The number of halogens is 1. The second-order valence-corrected chi connectivity index (χ2v) is 5.84. The van der Waals surface area contributed by atoms with E-state index in [1.165, 1.54) is 0 Å².